The number of aromatic amines is 1. The molecule has 4 nitrogen and oxygen atoms in total. The molecule has 0 aliphatic heterocycles. The number of hydrogen-bond acceptors (Lipinski definition) is 2. The molecule has 112 valence electrons. The van der Waals surface area contributed by atoms with Crippen LogP contribution in [0.15, 0.2) is 77.9 Å². The van der Waals surface area contributed by atoms with Crippen LogP contribution in [0.2, 0.25) is 0 Å². The van der Waals surface area contributed by atoms with Gasteiger partial charge in [-0.2, -0.15) is 0 Å². The molecule has 0 unspecified atom stereocenters. The first-order chi connectivity index (χ1) is 11.3. The van der Waals surface area contributed by atoms with Crippen LogP contribution in [0.5, 0.6) is 0 Å². The van der Waals surface area contributed by atoms with Crippen LogP contribution in [0, 0.1) is 0 Å². The van der Waals surface area contributed by atoms with Crippen molar-refractivity contribution in [3.8, 4) is 11.1 Å². The second-order valence-electron chi connectivity index (χ2n) is 5.49. The average Bonchev–Trinajstić information content (AvgIpc) is 3.02. The lowest BCUT2D eigenvalue weighted by molar-refractivity contribution is 0.899. The number of rotatable bonds is 3. The molecular weight excluding hydrogens is 286 g/mol. The van der Waals surface area contributed by atoms with Crippen molar-refractivity contribution < 1.29 is 0 Å². The summed E-state index contributed by atoms with van der Waals surface area (Å²) in [7, 11) is 0. The van der Waals surface area contributed by atoms with E-state index in [1.54, 1.807) is 6.20 Å². The third kappa shape index (κ3) is 2.55. The molecule has 0 atom stereocenters. The second kappa shape index (κ2) is 5.57. The molecule has 2 aromatic heterocycles. The van der Waals surface area contributed by atoms with Gasteiger partial charge in [0.2, 0.25) is 0 Å². The quantitative estimate of drug-likeness (QED) is 0.631. The Balaban J connectivity index is 1.67. The highest BCUT2D eigenvalue weighted by Gasteiger charge is 2.08. The number of H-pyrrole nitrogens is 1. The molecule has 0 aliphatic carbocycles. The highest BCUT2D eigenvalue weighted by Crippen LogP contribution is 2.23. The fourth-order valence-corrected chi connectivity index (χ4v) is 2.76. The van der Waals surface area contributed by atoms with Crippen LogP contribution >= 0.6 is 0 Å². The van der Waals surface area contributed by atoms with Crippen molar-refractivity contribution in [1.82, 2.24) is 14.6 Å². The Morgan fingerprint density at radius 2 is 1.65 bits per heavy atom. The average molecular weight is 301 g/mol. The topological polar surface area (TPSA) is 50.2 Å². The minimum absolute atomic E-state index is 0.109. The van der Waals surface area contributed by atoms with Crippen molar-refractivity contribution in [3.05, 3.63) is 94.5 Å². The first kappa shape index (κ1) is 13.5. The van der Waals surface area contributed by atoms with Gasteiger partial charge in [0.25, 0.3) is 5.56 Å². The molecule has 1 N–H and O–H groups in total. The summed E-state index contributed by atoms with van der Waals surface area (Å²) in [5, 5.41) is 2.95. The number of hydrogen-bond donors (Lipinski definition) is 1. The Kier molecular flexibility index (Phi) is 3.27. The number of fused-ring (bicyclic) bond motifs is 1. The minimum Gasteiger partial charge on any atom is -0.296 e. The molecule has 0 fully saturated rings. The maximum atomic E-state index is 11.8. The zero-order valence-corrected chi connectivity index (χ0v) is 12.4. The van der Waals surface area contributed by atoms with E-state index in [9.17, 15) is 4.79 Å². The fraction of sp³-hybridized carbons (Fsp3) is 0.0526. The van der Waals surface area contributed by atoms with Crippen molar-refractivity contribution in [2.75, 3.05) is 0 Å². The van der Waals surface area contributed by atoms with Gasteiger partial charge in [0.05, 0.1) is 0 Å². The van der Waals surface area contributed by atoms with E-state index in [1.807, 2.05) is 12.3 Å². The van der Waals surface area contributed by atoms with Gasteiger partial charge in [0.15, 0.2) is 5.65 Å². The maximum absolute atomic E-state index is 11.8. The molecule has 4 rings (SSSR count). The monoisotopic (exact) mass is 301 g/mol. The molecule has 0 spiro atoms. The largest absolute Gasteiger partial charge is 0.296 e. The predicted octanol–water partition coefficient (Wildman–Crippen LogP) is 3.28. The maximum Gasteiger partial charge on any atom is 0.272 e. The molecule has 23 heavy (non-hydrogen) atoms. The SMILES string of the molecule is O=c1ccnc2c(-c3ccc(Cc4ccccc4)cc3)c[nH]n12. The van der Waals surface area contributed by atoms with E-state index in [-0.39, 0.29) is 5.56 Å². The third-order valence-electron chi connectivity index (χ3n) is 3.94. The summed E-state index contributed by atoms with van der Waals surface area (Å²) in [4.78, 5) is 16.1. The molecule has 2 aromatic carbocycles. The van der Waals surface area contributed by atoms with Gasteiger partial charge in [-0.15, -0.1) is 0 Å². The Morgan fingerprint density at radius 1 is 0.913 bits per heavy atom. The Hall–Kier alpha value is -3.14. The second-order valence-corrected chi connectivity index (χ2v) is 5.49. The standard InChI is InChI=1S/C19H15N3O/c23-18-10-11-20-19-17(13-21-22(18)19)16-8-6-15(7-9-16)12-14-4-2-1-3-5-14/h1-11,13,21H,12H2. The predicted molar refractivity (Wildman–Crippen MR) is 90.5 cm³/mol. The molecule has 2 heterocycles. The first-order valence-electron chi connectivity index (χ1n) is 7.50. The van der Waals surface area contributed by atoms with Crippen LogP contribution in [0.4, 0.5) is 0 Å². The van der Waals surface area contributed by atoms with Crippen molar-refractivity contribution in [1.29, 1.82) is 0 Å². The third-order valence-corrected chi connectivity index (χ3v) is 3.94. The van der Waals surface area contributed by atoms with Crippen LogP contribution in [-0.4, -0.2) is 14.6 Å². The van der Waals surface area contributed by atoms with Gasteiger partial charge < -0.3 is 0 Å². The van der Waals surface area contributed by atoms with Gasteiger partial charge in [-0.05, 0) is 23.1 Å². The number of benzene rings is 2. The van der Waals surface area contributed by atoms with E-state index < -0.39 is 0 Å². The number of aromatic nitrogens is 3. The molecule has 0 radical (unpaired) electrons. The van der Waals surface area contributed by atoms with Gasteiger partial charge in [-0.3, -0.25) is 9.89 Å². The van der Waals surface area contributed by atoms with E-state index in [0.29, 0.717) is 5.65 Å². The van der Waals surface area contributed by atoms with Gasteiger partial charge in [-0.1, -0.05) is 54.6 Å². The van der Waals surface area contributed by atoms with Crippen LogP contribution < -0.4 is 5.56 Å². The van der Waals surface area contributed by atoms with E-state index in [1.165, 1.54) is 21.7 Å². The van der Waals surface area contributed by atoms with Crippen LogP contribution in [0.1, 0.15) is 11.1 Å². The summed E-state index contributed by atoms with van der Waals surface area (Å²) >= 11 is 0. The van der Waals surface area contributed by atoms with Gasteiger partial charge in [0, 0.05) is 24.0 Å². The zero-order valence-electron chi connectivity index (χ0n) is 12.4. The molecule has 4 aromatic rings. The summed E-state index contributed by atoms with van der Waals surface area (Å²) < 4.78 is 1.45. The number of nitrogens with zero attached hydrogens (tertiary/aromatic N) is 2. The Labute approximate surface area is 133 Å². The Bertz CT molecular complexity index is 998. The zero-order chi connectivity index (χ0) is 15.6. The summed E-state index contributed by atoms with van der Waals surface area (Å²) in [6.45, 7) is 0. The van der Waals surface area contributed by atoms with E-state index in [2.05, 4.69) is 58.6 Å². The molecule has 4 heteroatoms. The Morgan fingerprint density at radius 3 is 2.43 bits per heavy atom. The fourth-order valence-electron chi connectivity index (χ4n) is 2.76. The lowest BCUT2D eigenvalue weighted by atomic mass is 10.0. The smallest absolute Gasteiger partial charge is 0.272 e. The molecule has 0 saturated heterocycles. The van der Waals surface area contributed by atoms with Gasteiger partial charge in [-0.25, -0.2) is 9.50 Å². The lowest BCUT2D eigenvalue weighted by Gasteiger charge is -2.04. The lowest BCUT2D eigenvalue weighted by Crippen LogP contribution is -2.12. The minimum atomic E-state index is -0.109. The molecule has 0 bridgehead atoms. The first-order valence-corrected chi connectivity index (χ1v) is 7.50. The van der Waals surface area contributed by atoms with Crippen LogP contribution in [0.25, 0.3) is 16.8 Å². The molecule has 0 aliphatic rings. The molecule has 0 amide bonds. The summed E-state index contributed by atoms with van der Waals surface area (Å²) in [6, 6.07) is 20.2. The van der Waals surface area contributed by atoms with Crippen LogP contribution in [0.3, 0.4) is 0 Å². The van der Waals surface area contributed by atoms with Crippen LogP contribution in [-0.2, 0) is 6.42 Å². The molecule has 0 saturated carbocycles. The van der Waals surface area contributed by atoms with Crippen molar-refractivity contribution in [2.45, 2.75) is 6.42 Å². The van der Waals surface area contributed by atoms with Gasteiger partial charge >= 0.3 is 0 Å². The molecular formula is C19H15N3O. The van der Waals surface area contributed by atoms with E-state index >= 15 is 0 Å². The summed E-state index contributed by atoms with van der Waals surface area (Å²) in [5.41, 5.74) is 5.05. The summed E-state index contributed by atoms with van der Waals surface area (Å²) in [5.74, 6) is 0. The van der Waals surface area contributed by atoms with Crippen molar-refractivity contribution in [2.24, 2.45) is 0 Å². The highest BCUT2D eigenvalue weighted by atomic mass is 16.1. The highest BCUT2D eigenvalue weighted by molar-refractivity contribution is 5.76. The number of nitrogens with one attached hydrogen (secondary N) is 1. The van der Waals surface area contributed by atoms with Crippen molar-refractivity contribution in [3.63, 3.8) is 0 Å². The van der Waals surface area contributed by atoms with Gasteiger partial charge in [0.1, 0.15) is 0 Å². The van der Waals surface area contributed by atoms with Crippen molar-refractivity contribution >= 4 is 5.65 Å². The summed E-state index contributed by atoms with van der Waals surface area (Å²) in [6.07, 6.45) is 4.27. The van der Waals surface area contributed by atoms with E-state index in [0.717, 1.165) is 17.5 Å². The van der Waals surface area contributed by atoms with E-state index in [4.69, 9.17) is 0 Å². The normalized spacial score (nSPS) is 11.0.